The van der Waals surface area contributed by atoms with Crippen LogP contribution in [0.25, 0.3) is 0 Å². The van der Waals surface area contributed by atoms with Crippen LogP contribution in [0.1, 0.15) is 99.3 Å². The zero-order valence-corrected chi connectivity index (χ0v) is 26.9. The van der Waals surface area contributed by atoms with Crippen LogP contribution in [0.4, 0.5) is 0 Å². The fraction of sp³-hybridized carbons (Fsp3) is 0.800. The highest BCUT2D eigenvalue weighted by atomic mass is 16.6. The summed E-state index contributed by atoms with van der Waals surface area (Å²) in [6, 6.07) is 0. The van der Waals surface area contributed by atoms with Crippen molar-refractivity contribution >= 4 is 5.78 Å². The second kappa shape index (κ2) is 9.89. The molecule has 8 heteroatoms. The van der Waals surface area contributed by atoms with Crippen LogP contribution in [-0.4, -0.2) is 67.9 Å². The largest absolute Gasteiger partial charge is 0.393 e. The summed E-state index contributed by atoms with van der Waals surface area (Å²) < 4.78 is 6.20. The lowest BCUT2D eigenvalue weighted by molar-refractivity contribution is -0.152. The summed E-state index contributed by atoms with van der Waals surface area (Å²) in [5, 5.41) is 50.1. The number of dihydropyridines is 1. The van der Waals surface area contributed by atoms with Gasteiger partial charge in [0, 0.05) is 17.9 Å². The van der Waals surface area contributed by atoms with Crippen LogP contribution in [0, 0.1) is 34.0 Å². The standard InChI is InChI=1S/C35H54N2O6/c1-30(2,12-7-20-11-16-37-27(36)17-20)34(6,41)29-28(43-29)33(5,40)26-10-15-35(42)23-19-25(39)24-18-21(38)8-13-31(24,3)22(23)9-14-32(26,35)4/h11,17,19,21-22,24,26,28-29,37-38,40-42H,7-10,12-16,18,36H2,1-6H3/t21-,22-,24-,26-,28-,29-,31+,32+,33+,34-,35+/m0/s1. The van der Waals surface area contributed by atoms with Gasteiger partial charge in [-0.15, -0.1) is 0 Å². The number of carbonyl (C=O) groups is 1. The van der Waals surface area contributed by atoms with E-state index in [2.05, 4.69) is 39.1 Å². The van der Waals surface area contributed by atoms with Crippen molar-refractivity contribution in [2.75, 3.05) is 6.54 Å². The van der Waals surface area contributed by atoms with E-state index in [1.54, 1.807) is 6.08 Å². The van der Waals surface area contributed by atoms with Crippen molar-refractivity contribution < 1.29 is 30.0 Å². The molecule has 4 fully saturated rings. The third-order valence-electron chi connectivity index (χ3n) is 13.8. The SMILES string of the molecule is CC(C)(CCC1=CCNC(N)=C1)[C@@](C)(O)[C@H]1O[C@@H]1[C@](C)(O)[C@H]1CC[C@@]2(O)C3=CC(=O)[C@@H]4C[C@@H](O)CC[C@]4(C)[C@H]3CC[C@]12C. The molecular weight excluding hydrogens is 544 g/mol. The first-order valence-electron chi connectivity index (χ1n) is 16.6. The molecule has 0 unspecified atom stereocenters. The Hall–Kier alpha value is -1.71. The molecule has 1 saturated heterocycles. The molecule has 0 amide bonds. The molecule has 0 radical (unpaired) electrons. The monoisotopic (exact) mass is 598 g/mol. The first-order valence-corrected chi connectivity index (χ1v) is 16.6. The van der Waals surface area contributed by atoms with E-state index in [9.17, 15) is 25.2 Å². The van der Waals surface area contributed by atoms with Crippen LogP contribution >= 0.6 is 0 Å². The number of aliphatic hydroxyl groups excluding tert-OH is 1. The molecule has 0 bridgehead atoms. The maximum atomic E-state index is 13.5. The minimum Gasteiger partial charge on any atom is -0.393 e. The Kier molecular flexibility index (Phi) is 7.20. The molecule has 3 saturated carbocycles. The van der Waals surface area contributed by atoms with Gasteiger partial charge in [0.2, 0.25) is 0 Å². The number of epoxide rings is 1. The maximum Gasteiger partial charge on any atom is 0.159 e. The minimum absolute atomic E-state index is 0.0303. The molecular formula is C35H54N2O6. The Morgan fingerprint density at radius 2 is 1.74 bits per heavy atom. The summed E-state index contributed by atoms with van der Waals surface area (Å²) in [5.74, 6) is 0.313. The lowest BCUT2D eigenvalue weighted by atomic mass is 9.46. The van der Waals surface area contributed by atoms with E-state index < -0.39 is 45.9 Å². The number of hydrogen-bond donors (Lipinski definition) is 6. The van der Waals surface area contributed by atoms with Gasteiger partial charge in [-0.3, -0.25) is 4.79 Å². The molecule has 43 heavy (non-hydrogen) atoms. The van der Waals surface area contributed by atoms with E-state index in [0.29, 0.717) is 38.0 Å². The zero-order valence-electron chi connectivity index (χ0n) is 26.9. The summed E-state index contributed by atoms with van der Waals surface area (Å²) in [4.78, 5) is 13.5. The Balaban J connectivity index is 1.21. The van der Waals surface area contributed by atoms with Gasteiger partial charge in [0.15, 0.2) is 5.78 Å². The summed E-state index contributed by atoms with van der Waals surface area (Å²) in [6.45, 7) is 12.7. The van der Waals surface area contributed by atoms with Gasteiger partial charge < -0.3 is 36.2 Å². The van der Waals surface area contributed by atoms with Crippen molar-refractivity contribution in [2.24, 2.45) is 39.7 Å². The molecule has 4 aliphatic carbocycles. The molecule has 0 aromatic heterocycles. The molecule has 8 nitrogen and oxygen atoms in total. The van der Waals surface area contributed by atoms with Gasteiger partial charge in [-0.2, -0.15) is 0 Å². The number of rotatable bonds is 7. The van der Waals surface area contributed by atoms with Crippen molar-refractivity contribution in [3.05, 3.63) is 35.2 Å². The number of allylic oxidation sites excluding steroid dienone is 3. The van der Waals surface area contributed by atoms with Crippen molar-refractivity contribution in [3.63, 3.8) is 0 Å². The number of nitrogens with one attached hydrogen (secondary N) is 1. The molecule has 0 aromatic rings. The van der Waals surface area contributed by atoms with Crippen LogP contribution in [0.15, 0.2) is 35.2 Å². The summed E-state index contributed by atoms with van der Waals surface area (Å²) in [7, 11) is 0. The van der Waals surface area contributed by atoms with Gasteiger partial charge in [-0.1, -0.05) is 33.8 Å². The fourth-order valence-electron chi connectivity index (χ4n) is 10.3. The first-order chi connectivity index (χ1) is 19.9. The Labute approximate surface area is 256 Å². The molecule has 240 valence electrons. The summed E-state index contributed by atoms with van der Waals surface area (Å²) in [5.41, 5.74) is 2.90. The van der Waals surface area contributed by atoms with Crippen molar-refractivity contribution in [2.45, 2.75) is 134 Å². The highest BCUT2D eigenvalue weighted by Gasteiger charge is 2.72. The lowest BCUT2D eigenvalue weighted by Gasteiger charge is -2.60. The second-order valence-electron chi connectivity index (χ2n) is 16.4. The Morgan fingerprint density at radius 1 is 1.02 bits per heavy atom. The zero-order chi connectivity index (χ0) is 31.4. The topological polar surface area (TPSA) is 149 Å². The fourth-order valence-corrected chi connectivity index (χ4v) is 10.3. The summed E-state index contributed by atoms with van der Waals surface area (Å²) >= 11 is 0. The molecule has 2 aliphatic heterocycles. The number of hydrogen-bond acceptors (Lipinski definition) is 8. The number of aliphatic hydroxyl groups is 4. The average Bonchev–Trinajstić information content (AvgIpc) is 3.69. The maximum absolute atomic E-state index is 13.5. The van der Waals surface area contributed by atoms with E-state index >= 15 is 0 Å². The smallest absolute Gasteiger partial charge is 0.159 e. The van der Waals surface area contributed by atoms with Gasteiger partial charge in [0.1, 0.15) is 12.2 Å². The van der Waals surface area contributed by atoms with Crippen LogP contribution < -0.4 is 11.1 Å². The predicted molar refractivity (Wildman–Crippen MR) is 164 cm³/mol. The third-order valence-corrected chi connectivity index (χ3v) is 13.8. The van der Waals surface area contributed by atoms with Crippen LogP contribution in [0.5, 0.6) is 0 Å². The van der Waals surface area contributed by atoms with E-state index in [-0.39, 0.29) is 29.0 Å². The minimum atomic E-state index is -1.27. The first kappa shape index (κ1) is 31.3. The number of carbonyl (C=O) groups excluding carboxylic acids is 1. The molecule has 11 atom stereocenters. The van der Waals surface area contributed by atoms with E-state index in [0.717, 1.165) is 43.3 Å². The second-order valence-corrected chi connectivity index (χ2v) is 16.4. The molecule has 6 aliphatic rings. The van der Waals surface area contributed by atoms with E-state index in [1.807, 2.05) is 19.9 Å². The van der Waals surface area contributed by atoms with Gasteiger partial charge in [-0.25, -0.2) is 0 Å². The molecule has 0 aromatic carbocycles. The van der Waals surface area contributed by atoms with E-state index in [4.69, 9.17) is 10.5 Å². The lowest BCUT2D eigenvalue weighted by Crippen LogP contribution is -2.61. The number of ether oxygens (including phenoxy) is 1. The normalized spacial score (nSPS) is 45.3. The van der Waals surface area contributed by atoms with Crippen LogP contribution in [-0.2, 0) is 9.53 Å². The van der Waals surface area contributed by atoms with Crippen molar-refractivity contribution in [3.8, 4) is 0 Å². The van der Waals surface area contributed by atoms with Gasteiger partial charge >= 0.3 is 0 Å². The molecule has 2 heterocycles. The predicted octanol–water partition coefficient (Wildman–Crippen LogP) is 3.63. The van der Waals surface area contributed by atoms with E-state index in [1.165, 1.54) is 0 Å². The van der Waals surface area contributed by atoms with Gasteiger partial charge in [0.25, 0.3) is 0 Å². The van der Waals surface area contributed by atoms with Crippen LogP contribution in [0.3, 0.4) is 0 Å². The van der Waals surface area contributed by atoms with Crippen molar-refractivity contribution in [1.82, 2.24) is 5.32 Å². The molecule has 6 rings (SSSR count). The third kappa shape index (κ3) is 4.52. The highest BCUT2D eigenvalue weighted by Crippen LogP contribution is 2.69. The number of fused-ring (bicyclic) bond motifs is 5. The average molecular weight is 599 g/mol. The van der Waals surface area contributed by atoms with Gasteiger partial charge in [0.05, 0.1) is 28.7 Å². The summed E-state index contributed by atoms with van der Waals surface area (Å²) in [6.07, 6.45) is 10.4. The Bertz CT molecular complexity index is 1270. The van der Waals surface area contributed by atoms with Gasteiger partial charge in [-0.05, 0) is 118 Å². The number of ketones is 1. The molecule has 7 N–H and O–H groups in total. The molecule has 0 spiro atoms. The number of nitrogens with two attached hydrogens (primary N) is 1. The highest BCUT2D eigenvalue weighted by molar-refractivity contribution is 5.95. The van der Waals surface area contributed by atoms with Crippen molar-refractivity contribution in [1.29, 1.82) is 0 Å². The quantitative estimate of drug-likeness (QED) is 0.244. The van der Waals surface area contributed by atoms with Crippen LogP contribution in [0.2, 0.25) is 0 Å². The Morgan fingerprint density at radius 3 is 2.44 bits per heavy atom.